The van der Waals surface area contributed by atoms with Crippen LogP contribution in [0.4, 0.5) is 5.69 Å². The van der Waals surface area contributed by atoms with E-state index in [-0.39, 0.29) is 24.0 Å². The molecule has 0 amide bonds. The number of para-hydroxylation sites is 1. The van der Waals surface area contributed by atoms with Crippen LogP contribution in [0.1, 0.15) is 17.5 Å². The van der Waals surface area contributed by atoms with Gasteiger partial charge in [-0.15, -0.1) is 24.0 Å². The van der Waals surface area contributed by atoms with Crippen LogP contribution in [0.3, 0.4) is 0 Å². The predicted octanol–water partition coefficient (Wildman–Crippen LogP) is 3.30. The van der Waals surface area contributed by atoms with Crippen LogP contribution in [0, 0.1) is 0 Å². The van der Waals surface area contributed by atoms with E-state index in [9.17, 15) is 0 Å². The number of rotatable bonds is 9. The van der Waals surface area contributed by atoms with Crippen LogP contribution in [-0.2, 0) is 17.8 Å². The highest BCUT2D eigenvalue weighted by molar-refractivity contribution is 14.0. The number of halogens is 1. The Morgan fingerprint density at radius 2 is 1.63 bits per heavy atom. The Kier molecular flexibility index (Phi) is 11.6. The van der Waals surface area contributed by atoms with Crippen molar-refractivity contribution < 1.29 is 4.74 Å². The number of anilines is 1. The number of ether oxygens (including phenoxy) is 1. The zero-order valence-corrected chi connectivity index (χ0v) is 20.1. The summed E-state index contributed by atoms with van der Waals surface area (Å²) in [5, 5.41) is 10.3. The van der Waals surface area contributed by atoms with E-state index in [4.69, 9.17) is 4.74 Å². The Labute approximate surface area is 197 Å². The zero-order valence-electron chi connectivity index (χ0n) is 17.8. The summed E-state index contributed by atoms with van der Waals surface area (Å²) in [6.07, 6.45) is 1.02. The van der Waals surface area contributed by atoms with Gasteiger partial charge in [0.1, 0.15) is 0 Å². The fourth-order valence-electron chi connectivity index (χ4n) is 3.37. The van der Waals surface area contributed by atoms with Crippen LogP contribution < -0.4 is 16.0 Å². The molecule has 2 aromatic rings. The summed E-state index contributed by atoms with van der Waals surface area (Å²) in [5.41, 5.74) is 3.84. The van der Waals surface area contributed by atoms with Crippen molar-refractivity contribution in [1.82, 2.24) is 15.5 Å². The lowest BCUT2D eigenvalue weighted by molar-refractivity contribution is 0.0341. The molecule has 1 saturated heterocycles. The highest BCUT2D eigenvalue weighted by Crippen LogP contribution is 2.13. The number of benzene rings is 2. The van der Waals surface area contributed by atoms with Crippen LogP contribution in [0.15, 0.2) is 59.6 Å². The number of aliphatic imine (C=N–C) groups is 1. The minimum Gasteiger partial charge on any atom is -0.385 e. The number of nitrogens with zero attached hydrogens (tertiary/aromatic N) is 2. The maximum absolute atomic E-state index is 5.46. The molecule has 0 radical (unpaired) electrons. The predicted molar refractivity (Wildman–Crippen MR) is 136 cm³/mol. The molecule has 0 bridgehead atoms. The van der Waals surface area contributed by atoms with Crippen molar-refractivity contribution in [2.24, 2.45) is 4.99 Å². The molecule has 164 valence electrons. The monoisotopic (exact) mass is 523 g/mol. The average Bonchev–Trinajstić information content (AvgIpc) is 2.78. The summed E-state index contributed by atoms with van der Waals surface area (Å²) in [6.45, 7) is 7.20. The lowest BCUT2D eigenvalue weighted by Gasteiger charge is -2.27. The summed E-state index contributed by atoms with van der Waals surface area (Å²) in [5.74, 6) is 0.839. The van der Waals surface area contributed by atoms with Gasteiger partial charge in [-0.1, -0.05) is 42.5 Å². The van der Waals surface area contributed by atoms with Gasteiger partial charge in [-0.25, -0.2) is 0 Å². The van der Waals surface area contributed by atoms with Crippen LogP contribution in [0.2, 0.25) is 0 Å². The number of morpholine rings is 1. The third-order valence-electron chi connectivity index (χ3n) is 5.03. The normalized spacial score (nSPS) is 14.6. The Morgan fingerprint density at radius 3 is 2.37 bits per heavy atom. The number of hydrogen-bond donors (Lipinski definition) is 3. The summed E-state index contributed by atoms with van der Waals surface area (Å²) in [7, 11) is 1.82. The van der Waals surface area contributed by atoms with Crippen LogP contribution >= 0.6 is 24.0 Å². The molecule has 1 aliphatic rings. The Hall–Kier alpha value is -1.84. The van der Waals surface area contributed by atoms with Crippen molar-refractivity contribution in [2.75, 3.05) is 51.8 Å². The van der Waals surface area contributed by atoms with E-state index in [1.54, 1.807) is 0 Å². The minimum absolute atomic E-state index is 0. The van der Waals surface area contributed by atoms with Crippen LogP contribution in [0.5, 0.6) is 0 Å². The van der Waals surface area contributed by atoms with Gasteiger partial charge in [-0.05, 0) is 29.7 Å². The smallest absolute Gasteiger partial charge is 0.191 e. The lowest BCUT2D eigenvalue weighted by Crippen LogP contribution is -2.38. The number of nitrogens with one attached hydrogen (secondary N) is 3. The summed E-state index contributed by atoms with van der Waals surface area (Å²) in [4.78, 5) is 6.80. The first kappa shape index (κ1) is 24.4. The molecule has 0 atom stereocenters. The molecule has 7 heteroatoms. The van der Waals surface area contributed by atoms with Gasteiger partial charge in [0.15, 0.2) is 5.96 Å². The van der Waals surface area contributed by atoms with E-state index in [2.05, 4.69) is 62.2 Å². The van der Waals surface area contributed by atoms with E-state index < -0.39 is 0 Å². The first-order chi connectivity index (χ1) is 14.3. The highest BCUT2D eigenvalue weighted by atomic mass is 127. The molecule has 0 aliphatic carbocycles. The van der Waals surface area contributed by atoms with Gasteiger partial charge in [0.25, 0.3) is 0 Å². The van der Waals surface area contributed by atoms with Crippen molar-refractivity contribution in [3.8, 4) is 0 Å². The fraction of sp³-hybridized carbons (Fsp3) is 0.435. The Morgan fingerprint density at radius 1 is 0.933 bits per heavy atom. The van der Waals surface area contributed by atoms with E-state index >= 15 is 0 Å². The molecule has 1 aliphatic heterocycles. The van der Waals surface area contributed by atoms with Gasteiger partial charge in [0.2, 0.25) is 0 Å². The molecule has 0 aromatic heterocycles. The maximum atomic E-state index is 5.46. The van der Waals surface area contributed by atoms with Crippen LogP contribution in [-0.4, -0.2) is 57.3 Å². The van der Waals surface area contributed by atoms with Gasteiger partial charge < -0.3 is 20.7 Å². The molecular formula is C23H34IN5O. The molecule has 2 aromatic carbocycles. The zero-order chi connectivity index (χ0) is 20.2. The molecule has 30 heavy (non-hydrogen) atoms. The van der Waals surface area contributed by atoms with Crippen molar-refractivity contribution in [2.45, 2.75) is 19.5 Å². The van der Waals surface area contributed by atoms with E-state index in [1.807, 2.05) is 25.2 Å². The van der Waals surface area contributed by atoms with Crippen molar-refractivity contribution >= 4 is 35.6 Å². The average molecular weight is 523 g/mol. The fourth-order valence-corrected chi connectivity index (χ4v) is 3.37. The topological polar surface area (TPSA) is 60.9 Å². The second-order valence-electron chi connectivity index (χ2n) is 7.16. The molecule has 0 spiro atoms. The standard InChI is InChI=1S/C23H33N5O.HI/c1-24-23(26-13-7-12-25-22-10-3-2-4-11-22)27-18-20-8-5-6-9-21(20)19-28-14-16-29-17-15-28;/h2-6,8-11,25H,7,12-19H2,1H3,(H2,24,26,27);1H. The van der Waals surface area contributed by atoms with E-state index in [1.165, 1.54) is 11.1 Å². The second-order valence-corrected chi connectivity index (χ2v) is 7.16. The number of guanidine groups is 1. The first-order valence-corrected chi connectivity index (χ1v) is 10.5. The largest absolute Gasteiger partial charge is 0.385 e. The molecule has 1 fully saturated rings. The van der Waals surface area contributed by atoms with Gasteiger partial charge >= 0.3 is 0 Å². The quantitative estimate of drug-likeness (QED) is 0.204. The van der Waals surface area contributed by atoms with Gasteiger partial charge in [0.05, 0.1) is 13.2 Å². The van der Waals surface area contributed by atoms with Crippen molar-refractivity contribution in [3.63, 3.8) is 0 Å². The van der Waals surface area contributed by atoms with Gasteiger partial charge in [-0.3, -0.25) is 9.89 Å². The number of hydrogen-bond acceptors (Lipinski definition) is 4. The van der Waals surface area contributed by atoms with Crippen molar-refractivity contribution in [1.29, 1.82) is 0 Å². The molecule has 6 nitrogen and oxygen atoms in total. The molecule has 1 heterocycles. The third kappa shape index (κ3) is 8.49. The second kappa shape index (κ2) is 14.2. The first-order valence-electron chi connectivity index (χ1n) is 10.5. The van der Waals surface area contributed by atoms with E-state index in [0.29, 0.717) is 0 Å². The van der Waals surface area contributed by atoms with Gasteiger partial charge in [-0.2, -0.15) is 0 Å². The molecular weight excluding hydrogens is 489 g/mol. The molecule has 3 rings (SSSR count). The summed E-state index contributed by atoms with van der Waals surface area (Å²) >= 11 is 0. The maximum Gasteiger partial charge on any atom is 0.191 e. The molecule has 0 unspecified atom stereocenters. The highest BCUT2D eigenvalue weighted by Gasteiger charge is 2.12. The van der Waals surface area contributed by atoms with Crippen molar-refractivity contribution in [3.05, 3.63) is 65.7 Å². The molecule has 0 saturated carbocycles. The van der Waals surface area contributed by atoms with E-state index in [0.717, 1.165) is 70.6 Å². The van der Waals surface area contributed by atoms with Crippen LogP contribution in [0.25, 0.3) is 0 Å². The lowest BCUT2D eigenvalue weighted by atomic mass is 10.1. The molecule has 3 N–H and O–H groups in total. The SMILES string of the molecule is CN=C(NCCCNc1ccccc1)NCc1ccccc1CN1CCOCC1.I. The summed E-state index contributed by atoms with van der Waals surface area (Å²) < 4.78 is 5.46. The Balaban J connectivity index is 0.00000320. The Bertz CT molecular complexity index is 750. The van der Waals surface area contributed by atoms with Gasteiger partial charge in [0, 0.05) is 52.0 Å². The summed E-state index contributed by atoms with van der Waals surface area (Å²) in [6, 6.07) is 18.9. The third-order valence-corrected chi connectivity index (χ3v) is 5.03. The minimum atomic E-state index is 0.